The minimum Gasteiger partial charge on any atom is -0.489 e. The van der Waals surface area contributed by atoms with Gasteiger partial charge >= 0.3 is 0 Å². The molecule has 0 aromatic heterocycles. The first-order chi connectivity index (χ1) is 13.7. The molecule has 4 rings (SSSR count). The molecule has 2 aromatic carbocycles. The molecule has 28 heavy (non-hydrogen) atoms. The third-order valence-electron chi connectivity index (χ3n) is 5.65. The van der Waals surface area contributed by atoms with Gasteiger partial charge in [-0.05, 0) is 36.8 Å². The first-order valence-corrected chi connectivity index (χ1v) is 9.55. The van der Waals surface area contributed by atoms with Gasteiger partial charge in [0.25, 0.3) is 5.91 Å². The highest BCUT2D eigenvalue weighted by atomic mass is 19.1. The normalized spacial score (nSPS) is 25.6. The van der Waals surface area contributed by atoms with Crippen LogP contribution in [0.5, 0.6) is 5.75 Å². The fraction of sp³-hybridized carbons (Fsp3) is 0.409. The van der Waals surface area contributed by atoms with Gasteiger partial charge in [0.1, 0.15) is 18.2 Å². The number of hydrogen-bond acceptors (Lipinski definition) is 4. The predicted molar refractivity (Wildman–Crippen MR) is 102 cm³/mol. The molecular formula is C22H24FNO4. The lowest BCUT2D eigenvalue weighted by Crippen LogP contribution is -2.62. The summed E-state index contributed by atoms with van der Waals surface area (Å²) in [4.78, 5) is 12.6. The van der Waals surface area contributed by atoms with Crippen molar-refractivity contribution in [2.24, 2.45) is 11.8 Å². The van der Waals surface area contributed by atoms with Gasteiger partial charge in [0, 0.05) is 42.7 Å². The molecule has 1 amide bonds. The summed E-state index contributed by atoms with van der Waals surface area (Å²) in [5.41, 5.74) is 1.06. The van der Waals surface area contributed by atoms with Crippen LogP contribution in [0.3, 0.4) is 0 Å². The Hall–Kier alpha value is -2.44. The minimum atomic E-state index is -0.293. The van der Waals surface area contributed by atoms with E-state index in [4.69, 9.17) is 14.2 Å². The molecule has 0 spiro atoms. The van der Waals surface area contributed by atoms with Crippen molar-refractivity contribution in [3.05, 3.63) is 65.5 Å². The van der Waals surface area contributed by atoms with Gasteiger partial charge in [0.15, 0.2) is 0 Å². The van der Waals surface area contributed by atoms with Crippen LogP contribution in [-0.2, 0) is 16.1 Å². The van der Waals surface area contributed by atoms with Crippen LogP contribution in [0.4, 0.5) is 4.39 Å². The van der Waals surface area contributed by atoms with Crippen LogP contribution >= 0.6 is 0 Å². The van der Waals surface area contributed by atoms with E-state index in [1.807, 2.05) is 0 Å². The lowest BCUT2D eigenvalue weighted by Gasteiger charge is -2.47. The maximum atomic E-state index is 13.7. The summed E-state index contributed by atoms with van der Waals surface area (Å²) < 4.78 is 30.3. The Morgan fingerprint density at radius 3 is 2.75 bits per heavy atom. The Balaban J connectivity index is 1.34. The van der Waals surface area contributed by atoms with Crippen LogP contribution < -0.4 is 10.1 Å². The van der Waals surface area contributed by atoms with Gasteiger partial charge in [0.05, 0.1) is 12.7 Å². The molecule has 148 valence electrons. The number of carbonyl (C=O) groups excluding carboxylic acids is 1. The molecule has 2 fully saturated rings. The number of methoxy groups -OCH3 is 1. The second-order valence-corrected chi connectivity index (χ2v) is 7.31. The van der Waals surface area contributed by atoms with Crippen molar-refractivity contribution < 1.29 is 23.4 Å². The molecule has 1 aliphatic carbocycles. The Morgan fingerprint density at radius 2 is 2.00 bits per heavy atom. The minimum absolute atomic E-state index is 0.0805. The predicted octanol–water partition coefficient (Wildman–Crippen LogP) is 3.18. The van der Waals surface area contributed by atoms with Gasteiger partial charge < -0.3 is 19.5 Å². The molecule has 2 aromatic rings. The zero-order valence-electron chi connectivity index (χ0n) is 15.8. The van der Waals surface area contributed by atoms with Crippen molar-refractivity contribution in [1.82, 2.24) is 5.32 Å². The first kappa shape index (κ1) is 18.9. The highest BCUT2D eigenvalue weighted by Gasteiger charge is 2.54. The van der Waals surface area contributed by atoms with Crippen LogP contribution in [0.25, 0.3) is 0 Å². The van der Waals surface area contributed by atoms with Crippen molar-refractivity contribution in [1.29, 1.82) is 0 Å². The fourth-order valence-corrected chi connectivity index (χ4v) is 4.15. The summed E-state index contributed by atoms with van der Waals surface area (Å²) in [5, 5.41) is 3.13. The van der Waals surface area contributed by atoms with Crippen LogP contribution in [0.15, 0.2) is 48.5 Å². The number of rotatable bonds is 7. The van der Waals surface area contributed by atoms with E-state index in [1.165, 1.54) is 6.07 Å². The van der Waals surface area contributed by atoms with Crippen molar-refractivity contribution in [2.45, 2.75) is 25.2 Å². The third-order valence-corrected chi connectivity index (χ3v) is 5.65. The smallest absolute Gasteiger partial charge is 0.251 e. The van der Waals surface area contributed by atoms with Gasteiger partial charge in [-0.15, -0.1) is 0 Å². The Morgan fingerprint density at radius 1 is 1.21 bits per heavy atom. The zero-order chi connectivity index (χ0) is 19.5. The molecule has 0 bridgehead atoms. The van der Waals surface area contributed by atoms with Crippen LogP contribution in [0, 0.1) is 17.7 Å². The molecule has 2 aliphatic rings. The Labute approximate surface area is 163 Å². The highest BCUT2D eigenvalue weighted by Crippen LogP contribution is 2.43. The fourth-order valence-electron chi connectivity index (χ4n) is 4.15. The van der Waals surface area contributed by atoms with Gasteiger partial charge in [0.2, 0.25) is 0 Å². The van der Waals surface area contributed by atoms with E-state index in [0.717, 1.165) is 13.0 Å². The van der Waals surface area contributed by atoms with E-state index in [2.05, 4.69) is 5.32 Å². The van der Waals surface area contributed by atoms with E-state index in [0.29, 0.717) is 29.4 Å². The van der Waals surface area contributed by atoms with Crippen LogP contribution in [0.2, 0.25) is 0 Å². The third kappa shape index (κ3) is 3.75. The number of benzene rings is 2. The Bertz CT molecular complexity index is 826. The number of fused-ring (bicyclic) bond motifs is 1. The molecule has 1 heterocycles. The number of ether oxygens (including phenoxy) is 3. The standard InChI is InChI=1S/C22H24FNO4/c1-26-13-18-20(17-10-11-27-21(17)18)24-22(25)14-6-8-16(9-7-14)28-12-15-4-2-3-5-19(15)23/h2-9,17-18,20-21H,10-13H2,1H3,(H,24,25)/t17-,18-,20-,21-/m1/s1. The lowest BCUT2D eigenvalue weighted by atomic mass is 9.67. The van der Waals surface area contributed by atoms with E-state index in [-0.39, 0.29) is 36.4 Å². The largest absolute Gasteiger partial charge is 0.489 e. The molecule has 1 aliphatic heterocycles. The topological polar surface area (TPSA) is 56.8 Å². The molecule has 1 saturated carbocycles. The SMILES string of the molecule is COC[C@@H]1[C@H](NC(=O)c2ccc(OCc3ccccc3F)cc2)[C@H]2CCO[C@H]21. The number of nitrogens with one attached hydrogen (secondary N) is 1. The van der Waals surface area contributed by atoms with Crippen LogP contribution in [-0.4, -0.2) is 38.4 Å². The van der Waals surface area contributed by atoms with Gasteiger partial charge in [-0.3, -0.25) is 4.79 Å². The van der Waals surface area contributed by atoms with Crippen LogP contribution in [0.1, 0.15) is 22.3 Å². The second-order valence-electron chi connectivity index (χ2n) is 7.31. The number of amides is 1. The van der Waals surface area contributed by atoms with E-state index in [9.17, 15) is 9.18 Å². The molecule has 1 N–H and O–H groups in total. The molecule has 1 saturated heterocycles. The van der Waals surface area contributed by atoms with Gasteiger partial charge in [-0.25, -0.2) is 4.39 Å². The lowest BCUT2D eigenvalue weighted by molar-refractivity contribution is -0.0809. The summed E-state index contributed by atoms with van der Waals surface area (Å²) >= 11 is 0. The molecule has 0 radical (unpaired) electrons. The summed E-state index contributed by atoms with van der Waals surface area (Å²) in [5.74, 6) is 0.748. The molecular weight excluding hydrogens is 361 g/mol. The van der Waals surface area contributed by atoms with Crippen molar-refractivity contribution in [2.75, 3.05) is 20.3 Å². The number of halogens is 1. The maximum Gasteiger partial charge on any atom is 0.251 e. The molecule has 6 heteroatoms. The first-order valence-electron chi connectivity index (χ1n) is 9.55. The molecule has 0 unspecified atom stereocenters. The second kappa shape index (κ2) is 8.29. The van der Waals surface area contributed by atoms with Crippen molar-refractivity contribution >= 4 is 5.91 Å². The number of hydrogen-bond donors (Lipinski definition) is 1. The van der Waals surface area contributed by atoms with Gasteiger partial charge in [-0.2, -0.15) is 0 Å². The summed E-state index contributed by atoms with van der Waals surface area (Å²) in [6.07, 6.45) is 1.16. The summed E-state index contributed by atoms with van der Waals surface area (Å²) in [6.45, 7) is 1.47. The summed E-state index contributed by atoms with van der Waals surface area (Å²) in [7, 11) is 1.67. The zero-order valence-corrected chi connectivity index (χ0v) is 15.8. The summed E-state index contributed by atoms with van der Waals surface area (Å²) in [6, 6.07) is 13.5. The van der Waals surface area contributed by atoms with Gasteiger partial charge in [-0.1, -0.05) is 18.2 Å². The van der Waals surface area contributed by atoms with Crippen molar-refractivity contribution in [3.63, 3.8) is 0 Å². The maximum absolute atomic E-state index is 13.7. The van der Waals surface area contributed by atoms with E-state index in [1.54, 1.807) is 49.6 Å². The molecule has 5 nitrogen and oxygen atoms in total. The number of carbonyl (C=O) groups is 1. The van der Waals surface area contributed by atoms with E-state index < -0.39 is 0 Å². The monoisotopic (exact) mass is 385 g/mol. The quantitative estimate of drug-likeness (QED) is 0.795. The average Bonchev–Trinajstić information content (AvgIpc) is 3.14. The Kier molecular flexibility index (Phi) is 5.59. The average molecular weight is 385 g/mol. The van der Waals surface area contributed by atoms with E-state index >= 15 is 0 Å². The molecule has 4 atom stereocenters. The van der Waals surface area contributed by atoms with Crippen molar-refractivity contribution in [3.8, 4) is 5.75 Å². The highest BCUT2D eigenvalue weighted by molar-refractivity contribution is 5.94.